The van der Waals surface area contributed by atoms with Crippen molar-refractivity contribution >= 4 is 11.6 Å². The summed E-state index contributed by atoms with van der Waals surface area (Å²) in [5.74, 6) is 0. The van der Waals surface area contributed by atoms with Crippen molar-refractivity contribution in [2.24, 2.45) is 5.73 Å². The number of nitrogens with zero attached hydrogens (tertiary/aromatic N) is 1. The van der Waals surface area contributed by atoms with Gasteiger partial charge in [0.1, 0.15) is 0 Å². The van der Waals surface area contributed by atoms with Gasteiger partial charge in [-0.2, -0.15) is 0 Å². The van der Waals surface area contributed by atoms with E-state index in [2.05, 4.69) is 35.9 Å². The number of halogens is 1. The minimum absolute atomic E-state index is 0.227. The van der Waals surface area contributed by atoms with Crippen LogP contribution in [0, 0.1) is 0 Å². The number of hydrogen-bond donors (Lipinski definition) is 1. The van der Waals surface area contributed by atoms with Gasteiger partial charge in [0.05, 0.1) is 0 Å². The molecule has 2 N–H and O–H groups in total. The van der Waals surface area contributed by atoms with Gasteiger partial charge in [-0.1, -0.05) is 36.7 Å². The Morgan fingerprint density at radius 3 is 2.72 bits per heavy atom. The third kappa shape index (κ3) is 3.15. The molecular weight excluding hydrogens is 244 g/mol. The first-order chi connectivity index (χ1) is 8.70. The Kier molecular flexibility index (Phi) is 4.45. The Morgan fingerprint density at radius 2 is 2.00 bits per heavy atom. The van der Waals surface area contributed by atoms with E-state index in [0.29, 0.717) is 0 Å². The van der Waals surface area contributed by atoms with Crippen LogP contribution in [-0.2, 0) is 13.0 Å². The third-order valence-corrected chi connectivity index (χ3v) is 3.59. The van der Waals surface area contributed by atoms with E-state index in [1.165, 1.54) is 5.69 Å². The van der Waals surface area contributed by atoms with E-state index in [1.54, 1.807) is 0 Å². The Morgan fingerprint density at radius 1 is 1.22 bits per heavy atom. The summed E-state index contributed by atoms with van der Waals surface area (Å²) in [6.45, 7) is 2.92. The summed E-state index contributed by atoms with van der Waals surface area (Å²) >= 11 is 6.19. The van der Waals surface area contributed by atoms with Gasteiger partial charge in [-0.15, -0.1) is 0 Å². The van der Waals surface area contributed by atoms with Gasteiger partial charge in [-0.25, -0.2) is 0 Å². The van der Waals surface area contributed by atoms with Gasteiger partial charge >= 0.3 is 0 Å². The summed E-state index contributed by atoms with van der Waals surface area (Å²) in [5, 5.41) is 0.817. The highest BCUT2D eigenvalue weighted by Gasteiger charge is 2.07. The molecule has 3 heteroatoms. The van der Waals surface area contributed by atoms with Crippen LogP contribution < -0.4 is 5.73 Å². The molecule has 2 aromatic rings. The van der Waals surface area contributed by atoms with Crippen LogP contribution in [-0.4, -0.2) is 10.6 Å². The fourth-order valence-corrected chi connectivity index (χ4v) is 2.21. The summed E-state index contributed by atoms with van der Waals surface area (Å²) < 4.78 is 2.22. The molecule has 1 heterocycles. The second-order valence-corrected chi connectivity index (χ2v) is 5.00. The standard InChI is InChI=1S/C15H19ClN2/c1-2-13(17)10-14-7-5-9-18(14)11-12-6-3-4-8-15(12)16/h3-9,13H,2,10-11,17H2,1H3. The summed E-state index contributed by atoms with van der Waals surface area (Å²) in [6.07, 6.45) is 3.99. The molecule has 0 radical (unpaired) electrons. The second-order valence-electron chi connectivity index (χ2n) is 4.59. The average molecular weight is 263 g/mol. The molecule has 1 atom stereocenters. The maximum Gasteiger partial charge on any atom is 0.0487 e. The summed E-state index contributed by atoms with van der Waals surface area (Å²) in [6, 6.07) is 12.4. The van der Waals surface area contributed by atoms with Crippen molar-refractivity contribution in [3.05, 3.63) is 58.9 Å². The van der Waals surface area contributed by atoms with Gasteiger partial charge in [-0.05, 0) is 30.2 Å². The predicted octanol–water partition coefficient (Wildman–Crippen LogP) is 3.47. The molecule has 96 valence electrons. The van der Waals surface area contributed by atoms with Crippen molar-refractivity contribution in [3.8, 4) is 0 Å². The maximum atomic E-state index is 6.19. The van der Waals surface area contributed by atoms with Crippen LogP contribution in [0.5, 0.6) is 0 Å². The van der Waals surface area contributed by atoms with Gasteiger partial charge in [0.25, 0.3) is 0 Å². The number of aromatic nitrogens is 1. The van der Waals surface area contributed by atoms with E-state index in [9.17, 15) is 0 Å². The first kappa shape index (κ1) is 13.2. The fourth-order valence-electron chi connectivity index (χ4n) is 2.01. The van der Waals surface area contributed by atoms with E-state index >= 15 is 0 Å². The van der Waals surface area contributed by atoms with Crippen LogP contribution in [0.4, 0.5) is 0 Å². The Bertz CT molecular complexity index is 505. The summed E-state index contributed by atoms with van der Waals surface area (Å²) in [4.78, 5) is 0. The average Bonchev–Trinajstić information content (AvgIpc) is 2.79. The van der Waals surface area contributed by atoms with Gasteiger partial charge in [-0.3, -0.25) is 0 Å². The zero-order valence-electron chi connectivity index (χ0n) is 10.6. The molecule has 0 spiro atoms. The monoisotopic (exact) mass is 262 g/mol. The van der Waals surface area contributed by atoms with Crippen LogP contribution in [0.1, 0.15) is 24.6 Å². The quantitative estimate of drug-likeness (QED) is 0.879. The number of hydrogen-bond acceptors (Lipinski definition) is 1. The van der Waals surface area contributed by atoms with Crippen LogP contribution in [0.15, 0.2) is 42.6 Å². The number of nitrogens with two attached hydrogens (primary N) is 1. The highest BCUT2D eigenvalue weighted by molar-refractivity contribution is 6.31. The van der Waals surface area contributed by atoms with E-state index in [1.807, 2.05) is 18.2 Å². The molecule has 0 aliphatic heterocycles. The van der Waals surface area contributed by atoms with Crippen molar-refractivity contribution in [2.45, 2.75) is 32.4 Å². The Hall–Kier alpha value is -1.25. The van der Waals surface area contributed by atoms with Crippen LogP contribution >= 0.6 is 11.6 Å². The molecule has 1 unspecified atom stereocenters. The molecule has 0 saturated carbocycles. The van der Waals surface area contributed by atoms with E-state index in [4.69, 9.17) is 17.3 Å². The van der Waals surface area contributed by atoms with Gasteiger partial charge in [0.15, 0.2) is 0 Å². The lowest BCUT2D eigenvalue weighted by atomic mass is 10.1. The zero-order chi connectivity index (χ0) is 13.0. The van der Waals surface area contributed by atoms with Gasteiger partial charge in [0.2, 0.25) is 0 Å². The topological polar surface area (TPSA) is 30.9 Å². The Labute approximate surface area is 113 Å². The van der Waals surface area contributed by atoms with Crippen molar-refractivity contribution < 1.29 is 0 Å². The van der Waals surface area contributed by atoms with Crippen molar-refractivity contribution in [1.82, 2.24) is 4.57 Å². The number of benzene rings is 1. The lowest BCUT2D eigenvalue weighted by molar-refractivity contribution is 0.610. The maximum absolute atomic E-state index is 6.19. The number of rotatable bonds is 5. The highest BCUT2D eigenvalue weighted by atomic mass is 35.5. The van der Waals surface area contributed by atoms with Crippen molar-refractivity contribution in [3.63, 3.8) is 0 Å². The van der Waals surface area contributed by atoms with Gasteiger partial charge in [0, 0.05) is 35.9 Å². The van der Waals surface area contributed by atoms with Crippen molar-refractivity contribution in [1.29, 1.82) is 0 Å². The molecule has 2 nitrogen and oxygen atoms in total. The molecule has 0 amide bonds. The first-order valence-corrected chi connectivity index (χ1v) is 6.71. The Balaban J connectivity index is 2.15. The minimum Gasteiger partial charge on any atom is -0.347 e. The fraction of sp³-hybridized carbons (Fsp3) is 0.333. The van der Waals surface area contributed by atoms with Crippen LogP contribution in [0.3, 0.4) is 0 Å². The second kappa shape index (κ2) is 6.07. The SMILES string of the molecule is CCC(N)Cc1cccn1Cc1ccccc1Cl. The minimum atomic E-state index is 0.227. The van der Waals surface area contributed by atoms with E-state index in [0.717, 1.165) is 30.0 Å². The molecule has 1 aromatic carbocycles. The molecule has 0 saturated heterocycles. The molecule has 1 aromatic heterocycles. The normalized spacial score (nSPS) is 12.6. The smallest absolute Gasteiger partial charge is 0.0487 e. The zero-order valence-corrected chi connectivity index (χ0v) is 11.4. The van der Waals surface area contributed by atoms with Crippen LogP contribution in [0.25, 0.3) is 0 Å². The molecule has 2 rings (SSSR count). The molecule has 0 aliphatic rings. The molecular formula is C15H19ClN2. The lowest BCUT2D eigenvalue weighted by Gasteiger charge is -2.13. The first-order valence-electron chi connectivity index (χ1n) is 6.33. The molecule has 0 aliphatic carbocycles. The summed E-state index contributed by atoms with van der Waals surface area (Å²) in [5.41, 5.74) is 8.43. The molecule has 18 heavy (non-hydrogen) atoms. The van der Waals surface area contributed by atoms with E-state index < -0.39 is 0 Å². The third-order valence-electron chi connectivity index (χ3n) is 3.22. The highest BCUT2D eigenvalue weighted by Crippen LogP contribution is 2.18. The van der Waals surface area contributed by atoms with E-state index in [-0.39, 0.29) is 6.04 Å². The molecule has 0 fully saturated rings. The lowest BCUT2D eigenvalue weighted by Crippen LogP contribution is -2.23. The largest absolute Gasteiger partial charge is 0.347 e. The summed E-state index contributed by atoms with van der Waals surface area (Å²) in [7, 11) is 0. The predicted molar refractivity (Wildman–Crippen MR) is 77.0 cm³/mol. The molecule has 0 bridgehead atoms. The van der Waals surface area contributed by atoms with Crippen molar-refractivity contribution in [2.75, 3.05) is 0 Å². The van der Waals surface area contributed by atoms with Gasteiger partial charge < -0.3 is 10.3 Å². The van der Waals surface area contributed by atoms with Crippen LogP contribution in [0.2, 0.25) is 5.02 Å².